The summed E-state index contributed by atoms with van der Waals surface area (Å²) < 4.78 is 18.2. The summed E-state index contributed by atoms with van der Waals surface area (Å²) in [6, 6.07) is 3.98. The van der Waals surface area contributed by atoms with Gasteiger partial charge >= 0.3 is 5.97 Å². The first-order chi connectivity index (χ1) is 8.99. The molecule has 5 nitrogen and oxygen atoms in total. The lowest BCUT2D eigenvalue weighted by atomic mass is 10.1. The summed E-state index contributed by atoms with van der Waals surface area (Å²) in [7, 11) is 0. The molecule has 0 spiro atoms. The molecule has 102 valence electrons. The molecule has 0 aromatic heterocycles. The van der Waals surface area contributed by atoms with E-state index in [1.165, 1.54) is 23.1 Å². The average molecular weight is 267 g/mol. The van der Waals surface area contributed by atoms with Gasteiger partial charge in [-0.25, -0.2) is 9.18 Å². The maximum absolute atomic E-state index is 13.2. The Kier molecular flexibility index (Phi) is 3.80. The Morgan fingerprint density at radius 3 is 2.89 bits per heavy atom. The Morgan fingerprint density at radius 1 is 1.47 bits per heavy atom. The first kappa shape index (κ1) is 13.5. The van der Waals surface area contributed by atoms with E-state index in [2.05, 4.69) is 0 Å². The van der Waals surface area contributed by atoms with Crippen LogP contribution in [-0.2, 0) is 9.53 Å². The van der Waals surface area contributed by atoms with Gasteiger partial charge < -0.3 is 14.7 Å². The lowest BCUT2D eigenvalue weighted by molar-refractivity contribution is -0.154. The molecule has 0 saturated carbocycles. The Labute approximate surface area is 109 Å². The summed E-state index contributed by atoms with van der Waals surface area (Å²) in [6.45, 7) is 2.15. The van der Waals surface area contributed by atoms with E-state index in [4.69, 9.17) is 9.84 Å². The molecule has 1 aliphatic heterocycles. The number of halogens is 1. The van der Waals surface area contributed by atoms with Crippen molar-refractivity contribution in [2.45, 2.75) is 13.0 Å². The van der Waals surface area contributed by atoms with Crippen LogP contribution in [0.15, 0.2) is 18.2 Å². The van der Waals surface area contributed by atoms with Crippen LogP contribution in [0.3, 0.4) is 0 Å². The van der Waals surface area contributed by atoms with Crippen molar-refractivity contribution in [3.8, 4) is 0 Å². The Hall–Kier alpha value is -1.95. The zero-order chi connectivity index (χ0) is 14.0. The molecule has 1 amide bonds. The summed E-state index contributed by atoms with van der Waals surface area (Å²) in [5, 5.41) is 8.88. The fourth-order valence-electron chi connectivity index (χ4n) is 1.98. The topological polar surface area (TPSA) is 66.8 Å². The van der Waals surface area contributed by atoms with Gasteiger partial charge in [0, 0.05) is 12.1 Å². The number of carbonyl (C=O) groups is 2. The molecule has 0 bridgehead atoms. The molecule has 1 N–H and O–H groups in total. The second-order valence-corrected chi connectivity index (χ2v) is 4.41. The van der Waals surface area contributed by atoms with Gasteiger partial charge in [-0.15, -0.1) is 0 Å². The van der Waals surface area contributed by atoms with Crippen LogP contribution >= 0.6 is 0 Å². The number of rotatable bonds is 2. The highest BCUT2D eigenvalue weighted by molar-refractivity contribution is 5.96. The number of carbonyl (C=O) groups excluding carboxylic acids is 1. The molecular weight excluding hydrogens is 253 g/mol. The van der Waals surface area contributed by atoms with E-state index >= 15 is 0 Å². The highest BCUT2D eigenvalue weighted by Gasteiger charge is 2.30. The van der Waals surface area contributed by atoms with Gasteiger partial charge in [0.25, 0.3) is 5.91 Å². The van der Waals surface area contributed by atoms with E-state index in [9.17, 15) is 14.0 Å². The Morgan fingerprint density at radius 2 is 2.21 bits per heavy atom. The Balaban J connectivity index is 2.19. The second kappa shape index (κ2) is 5.36. The number of carboxylic acid groups (broad SMARTS) is 1. The van der Waals surface area contributed by atoms with Crippen molar-refractivity contribution < 1.29 is 23.8 Å². The standard InChI is InChI=1S/C13H14FNO4/c1-8-2-3-9(14)6-10(8)12(16)15-4-5-19-11(7-15)13(17)18/h2-3,6,11H,4-5,7H2,1H3,(H,17,18)/t11-/m1/s1. The zero-order valence-electron chi connectivity index (χ0n) is 10.4. The number of aryl methyl sites for hydroxylation is 1. The molecule has 1 fully saturated rings. The summed E-state index contributed by atoms with van der Waals surface area (Å²) >= 11 is 0. The predicted molar refractivity (Wildman–Crippen MR) is 64.4 cm³/mol. The van der Waals surface area contributed by atoms with E-state index in [0.717, 1.165) is 0 Å². The van der Waals surface area contributed by atoms with Gasteiger partial charge in [0.2, 0.25) is 0 Å². The normalized spacial score (nSPS) is 19.3. The maximum atomic E-state index is 13.2. The molecule has 0 unspecified atom stereocenters. The molecule has 1 saturated heterocycles. The molecule has 0 aliphatic carbocycles. The number of benzene rings is 1. The summed E-state index contributed by atoms with van der Waals surface area (Å²) in [4.78, 5) is 24.5. The predicted octanol–water partition coefficient (Wildman–Crippen LogP) is 1.06. The molecule has 1 aliphatic rings. The molecule has 0 radical (unpaired) electrons. The Bertz CT molecular complexity index is 517. The van der Waals surface area contributed by atoms with Gasteiger partial charge in [-0.1, -0.05) is 6.07 Å². The van der Waals surface area contributed by atoms with Crippen molar-refractivity contribution in [3.63, 3.8) is 0 Å². The van der Waals surface area contributed by atoms with Crippen molar-refractivity contribution in [1.29, 1.82) is 0 Å². The van der Waals surface area contributed by atoms with Crippen molar-refractivity contribution in [2.75, 3.05) is 19.7 Å². The van der Waals surface area contributed by atoms with Gasteiger partial charge in [0.1, 0.15) is 5.82 Å². The van der Waals surface area contributed by atoms with Crippen LogP contribution in [0.4, 0.5) is 4.39 Å². The smallest absolute Gasteiger partial charge is 0.334 e. The molecule has 1 aromatic carbocycles. The first-order valence-corrected chi connectivity index (χ1v) is 5.89. The molecule has 1 atom stereocenters. The summed E-state index contributed by atoms with van der Waals surface area (Å²) in [5.41, 5.74) is 0.913. The van der Waals surface area contributed by atoms with Gasteiger partial charge in [-0.3, -0.25) is 4.79 Å². The van der Waals surface area contributed by atoms with Crippen molar-refractivity contribution >= 4 is 11.9 Å². The van der Waals surface area contributed by atoms with E-state index < -0.39 is 17.9 Å². The van der Waals surface area contributed by atoms with Crippen LogP contribution in [0, 0.1) is 12.7 Å². The lowest BCUT2D eigenvalue weighted by Crippen LogP contribution is -2.48. The second-order valence-electron chi connectivity index (χ2n) is 4.41. The molecule has 19 heavy (non-hydrogen) atoms. The third-order valence-electron chi connectivity index (χ3n) is 3.06. The number of hydrogen-bond acceptors (Lipinski definition) is 3. The number of amides is 1. The fourth-order valence-corrected chi connectivity index (χ4v) is 1.98. The van der Waals surface area contributed by atoms with Gasteiger partial charge in [0.05, 0.1) is 13.2 Å². The molecule has 1 aromatic rings. The SMILES string of the molecule is Cc1ccc(F)cc1C(=O)N1CCO[C@@H](C(=O)O)C1. The fraction of sp³-hybridized carbons (Fsp3) is 0.385. The third-order valence-corrected chi connectivity index (χ3v) is 3.06. The van der Waals surface area contributed by atoms with Gasteiger partial charge in [-0.2, -0.15) is 0 Å². The van der Waals surface area contributed by atoms with E-state index in [1.54, 1.807) is 6.92 Å². The minimum atomic E-state index is -1.10. The lowest BCUT2D eigenvalue weighted by Gasteiger charge is -2.31. The molecule has 1 heterocycles. The number of aliphatic carboxylic acids is 1. The van der Waals surface area contributed by atoms with E-state index in [-0.39, 0.29) is 24.6 Å². The van der Waals surface area contributed by atoms with Crippen LogP contribution in [0.2, 0.25) is 0 Å². The molecular formula is C13H14FNO4. The summed E-state index contributed by atoms with van der Waals surface area (Å²) in [6.07, 6.45) is -1.02. The zero-order valence-corrected chi connectivity index (χ0v) is 10.4. The monoisotopic (exact) mass is 267 g/mol. The quantitative estimate of drug-likeness (QED) is 0.870. The maximum Gasteiger partial charge on any atom is 0.334 e. The van der Waals surface area contributed by atoms with Crippen LogP contribution in [0.5, 0.6) is 0 Å². The average Bonchev–Trinajstić information content (AvgIpc) is 2.41. The van der Waals surface area contributed by atoms with Crippen LogP contribution in [-0.4, -0.2) is 47.7 Å². The van der Waals surface area contributed by atoms with Crippen molar-refractivity contribution in [3.05, 3.63) is 35.1 Å². The minimum absolute atomic E-state index is 0.0237. The highest BCUT2D eigenvalue weighted by Crippen LogP contribution is 2.15. The summed E-state index contributed by atoms with van der Waals surface area (Å²) in [5.74, 6) is -1.96. The molecule has 2 rings (SSSR count). The van der Waals surface area contributed by atoms with Crippen LogP contribution < -0.4 is 0 Å². The number of morpholine rings is 1. The minimum Gasteiger partial charge on any atom is -0.479 e. The van der Waals surface area contributed by atoms with E-state index in [0.29, 0.717) is 12.1 Å². The number of nitrogens with zero attached hydrogens (tertiary/aromatic N) is 1. The molecule has 6 heteroatoms. The largest absolute Gasteiger partial charge is 0.479 e. The van der Waals surface area contributed by atoms with Gasteiger partial charge in [0.15, 0.2) is 6.10 Å². The number of ether oxygens (including phenoxy) is 1. The van der Waals surface area contributed by atoms with Crippen molar-refractivity contribution in [1.82, 2.24) is 4.90 Å². The van der Waals surface area contributed by atoms with Crippen LogP contribution in [0.1, 0.15) is 15.9 Å². The van der Waals surface area contributed by atoms with Crippen molar-refractivity contribution in [2.24, 2.45) is 0 Å². The first-order valence-electron chi connectivity index (χ1n) is 5.89. The highest BCUT2D eigenvalue weighted by atomic mass is 19.1. The van der Waals surface area contributed by atoms with Gasteiger partial charge in [-0.05, 0) is 24.6 Å². The van der Waals surface area contributed by atoms with E-state index in [1.807, 2.05) is 0 Å². The van der Waals surface area contributed by atoms with Crippen LogP contribution in [0.25, 0.3) is 0 Å². The number of hydrogen-bond donors (Lipinski definition) is 1. The number of carboxylic acids is 1. The third kappa shape index (κ3) is 2.90.